The van der Waals surface area contributed by atoms with Crippen molar-refractivity contribution in [3.05, 3.63) is 81.9 Å². The molecule has 0 fully saturated rings. The molecular weight excluding hydrogens is 357 g/mol. The number of para-hydroxylation sites is 1. The molecule has 2 aromatic carbocycles. The van der Waals surface area contributed by atoms with Gasteiger partial charge in [-0.15, -0.1) is 0 Å². The molecule has 0 saturated heterocycles. The molecule has 0 aliphatic rings. The van der Waals surface area contributed by atoms with Crippen LogP contribution in [0.25, 0.3) is 11.3 Å². The summed E-state index contributed by atoms with van der Waals surface area (Å²) < 4.78 is 14.4. The van der Waals surface area contributed by atoms with Crippen LogP contribution < -0.4 is 10.9 Å². The molecule has 0 bridgehead atoms. The minimum Gasteiger partial charge on any atom is -0.326 e. The lowest BCUT2D eigenvalue weighted by atomic mass is 10.1. The van der Waals surface area contributed by atoms with E-state index in [0.717, 1.165) is 22.4 Å². The molecule has 1 amide bonds. The van der Waals surface area contributed by atoms with E-state index < -0.39 is 0 Å². The standard InChI is InChI=1S/C22H22FN3O2/c1-15-5-3-6-16(2)22(15)24-20(27)7-4-14-26-21(28)13-12-19(25-26)17-8-10-18(23)11-9-17/h3,5-6,8-13H,4,7,14H2,1-2H3,(H,24,27). The number of nitrogens with one attached hydrogen (secondary N) is 1. The highest BCUT2D eigenvalue weighted by molar-refractivity contribution is 5.92. The lowest BCUT2D eigenvalue weighted by Gasteiger charge is -2.11. The van der Waals surface area contributed by atoms with Crippen LogP contribution in [0.15, 0.2) is 59.4 Å². The zero-order valence-electron chi connectivity index (χ0n) is 15.9. The lowest BCUT2D eigenvalue weighted by molar-refractivity contribution is -0.116. The van der Waals surface area contributed by atoms with E-state index in [-0.39, 0.29) is 23.7 Å². The molecule has 3 rings (SSSR count). The Labute approximate surface area is 162 Å². The highest BCUT2D eigenvalue weighted by atomic mass is 19.1. The van der Waals surface area contributed by atoms with Gasteiger partial charge in [0.15, 0.2) is 0 Å². The number of aromatic nitrogens is 2. The summed E-state index contributed by atoms with van der Waals surface area (Å²) in [5.74, 6) is -0.424. The van der Waals surface area contributed by atoms with Gasteiger partial charge in [0.05, 0.1) is 5.69 Å². The third kappa shape index (κ3) is 4.71. The molecule has 3 aromatic rings. The Balaban J connectivity index is 1.63. The normalized spacial score (nSPS) is 10.7. The van der Waals surface area contributed by atoms with Crippen molar-refractivity contribution in [3.8, 4) is 11.3 Å². The van der Waals surface area contributed by atoms with E-state index in [1.807, 2.05) is 32.0 Å². The first kappa shape index (κ1) is 19.5. The molecule has 0 saturated carbocycles. The van der Waals surface area contributed by atoms with Gasteiger partial charge in [-0.3, -0.25) is 9.59 Å². The van der Waals surface area contributed by atoms with Crippen LogP contribution in [0.2, 0.25) is 0 Å². The number of hydrogen-bond acceptors (Lipinski definition) is 3. The Bertz CT molecular complexity index is 1020. The van der Waals surface area contributed by atoms with Gasteiger partial charge >= 0.3 is 0 Å². The molecule has 28 heavy (non-hydrogen) atoms. The van der Waals surface area contributed by atoms with E-state index in [0.29, 0.717) is 18.7 Å². The average Bonchev–Trinajstić information content (AvgIpc) is 2.67. The maximum Gasteiger partial charge on any atom is 0.266 e. The molecule has 0 spiro atoms. The second-order valence-corrected chi connectivity index (χ2v) is 6.71. The van der Waals surface area contributed by atoms with Crippen LogP contribution in [0.4, 0.5) is 10.1 Å². The zero-order valence-corrected chi connectivity index (χ0v) is 15.9. The fourth-order valence-electron chi connectivity index (χ4n) is 2.99. The Morgan fingerprint density at radius 1 is 1.04 bits per heavy atom. The number of amides is 1. The van der Waals surface area contributed by atoms with Gasteiger partial charge in [-0.1, -0.05) is 18.2 Å². The first-order valence-corrected chi connectivity index (χ1v) is 9.14. The van der Waals surface area contributed by atoms with E-state index in [9.17, 15) is 14.0 Å². The molecule has 1 heterocycles. The van der Waals surface area contributed by atoms with Crippen molar-refractivity contribution in [2.24, 2.45) is 0 Å². The van der Waals surface area contributed by atoms with E-state index in [1.165, 1.54) is 22.9 Å². The van der Waals surface area contributed by atoms with Crippen molar-refractivity contribution in [2.45, 2.75) is 33.2 Å². The van der Waals surface area contributed by atoms with Crippen LogP contribution in [0.5, 0.6) is 0 Å². The number of rotatable bonds is 6. The SMILES string of the molecule is Cc1cccc(C)c1NC(=O)CCCn1nc(-c2ccc(F)cc2)ccc1=O. The van der Waals surface area contributed by atoms with E-state index in [4.69, 9.17) is 0 Å². The van der Waals surface area contributed by atoms with Crippen LogP contribution >= 0.6 is 0 Å². The number of halogens is 1. The van der Waals surface area contributed by atoms with Gasteiger partial charge in [0.25, 0.3) is 5.56 Å². The quantitative estimate of drug-likeness (QED) is 0.702. The van der Waals surface area contributed by atoms with Crippen LogP contribution in [-0.2, 0) is 11.3 Å². The Kier molecular flexibility index (Phi) is 5.99. The molecule has 1 N–H and O–H groups in total. The number of carbonyl (C=O) groups is 1. The van der Waals surface area contributed by atoms with Crippen molar-refractivity contribution in [1.29, 1.82) is 0 Å². The Hall–Kier alpha value is -3.28. The number of benzene rings is 2. The summed E-state index contributed by atoms with van der Waals surface area (Å²) in [5.41, 5.74) is 3.93. The molecule has 0 aliphatic carbocycles. The molecule has 144 valence electrons. The van der Waals surface area contributed by atoms with Gasteiger partial charge in [-0.05, 0) is 61.7 Å². The predicted molar refractivity (Wildman–Crippen MR) is 108 cm³/mol. The van der Waals surface area contributed by atoms with Crippen LogP contribution in [0.1, 0.15) is 24.0 Å². The van der Waals surface area contributed by atoms with E-state index in [1.54, 1.807) is 18.2 Å². The van der Waals surface area contributed by atoms with Crippen molar-refractivity contribution in [2.75, 3.05) is 5.32 Å². The summed E-state index contributed by atoms with van der Waals surface area (Å²) in [6, 6.07) is 14.8. The minimum atomic E-state index is -0.327. The minimum absolute atomic E-state index is 0.0971. The number of nitrogens with zero attached hydrogens (tertiary/aromatic N) is 2. The summed E-state index contributed by atoms with van der Waals surface area (Å²) >= 11 is 0. The van der Waals surface area contributed by atoms with Crippen LogP contribution in [0, 0.1) is 19.7 Å². The third-order valence-electron chi connectivity index (χ3n) is 4.53. The summed E-state index contributed by atoms with van der Waals surface area (Å²) in [4.78, 5) is 24.3. The second kappa shape index (κ2) is 8.61. The first-order chi connectivity index (χ1) is 13.4. The van der Waals surface area contributed by atoms with Crippen LogP contribution in [-0.4, -0.2) is 15.7 Å². The zero-order chi connectivity index (χ0) is 20.1. The van der Waals surface area contributed by atoms with Gasteiger partial charge in [0, 0.05) is 30.3 Å². The van der Waals surface area contributed by atoms with E-state index >= 15 is 0 Å². The highest BCUT2D eigenvalue weighted by Crippen LogP contribution is 2.20. The maximum absolute atomic E-state index is 13.1. The lowest BCUT2D eigenvalue weighted by Crippen LogP contribution is -2.23. The summed E-state index contributed by atoms with van der Waals surface area (Å²) in [7, 11) is 0. The fourth-order valence-corrected chi connectivity index (χ4v) is 2.99. The summed E-state index contributed by atoms with van der Waals surface area (Å²) in [6.07, 6.45) is 0.763. The van der Waals surface area contributed by atoms with Crippen molar-refractivity contribution < 1.29 is 9.18 Å². The maximum atomic E-state index is 13.1. The summed E-state index contributed by atoms with van der Waals surface area (Å²) in [6.45, 7) is 4.23. The van der Waals surface area contributed by atoms with Gasteiger partial charge in [0.2, 0.25) is 5.91 Å². The molecule has 1 aromatic heterocycles. The highest BCUT2D eigenvalue weighted by Gasteiger charge is 2.08. The van der Waals surface area contributed by atoms with Crippen molar-refractivity contribution in [1.82, 2.24) is 9.78 Å². The van der Waals surface area contributed by atoms with Crippen molar-refractivity contribution in [3.63, 3.8) is 0 Å². The van der Waals surface area contributed by atoms with Gasteiger partial charge in [-0.25, -0.2) is 9.07 Å². The van der Waals surface area contributed by atoms with Crippen molar-refractivity contribution >= 4 is 11.6 Å². The van der Waals surface area contributed by atoms with Gasteiger partial charge in [0.1, 0.15) is 5.82 Å². The second-order valence-electron chi connectivity index (χ2n) is 6.71. The smallest absolute Gasteiger partial charge is 0.266 e. The molecule has 0 atom stereocenters. The van der Waals surface area contributed by atoms with Gasteiger partial charge in [-0.2, -0.15) is 5.10 Å². The van der Waals surface area contributed by atoms with Crippen LogP contribution in [0.3, 0.4) is 0 Å². The monoisotopic (exact) mass is 379 g/mol. The Morgan fingerprint density at radius 2 is 1.71 bits per heavy atom. The molecule has 6 heteroatoms. The molecule has 0 unspecified atom stereocenters. The topological polar surface area (TPSA) is 64.0 Å². The molecule has 0 radical (unpaired) electrons. The van der Waals surface area contributed by atoms with E-state index in [2.05, 4.69) is 10.4 Å². The largest absolute Gasteiger partial charge is 0.326 e. The molecule has 5 nitrogen and oxygen atoms in total. The Morgan fingerprint density at radius 3 is 2.39 bits per heavy atom. The molecule has 0 aliphatic heterocycles. The number of aryl methyl sites for hydroxylation is 3. The average molecular weight is 379 g/mol. The first-order valence-electron chi connectivity index (χ1n) is 9.14. The molecular formula is C22H22FN3O2. The third-order valence-corrected chi connectivity index (χ3v) is 4.53. The predicted octanol–water partition coefficient (Wildman–Crippen LogP) is 4.09. The fraction of sp³-hybridized carbons (Fsp3) is 0.227. The number of carbonyl (C=O) groups excluding carboxylic acids is 1. The summed E-state index contributed by atoms with van der Waals surface area (Å²) in [5, 5.41) is 7.27. The number of hydrogen-bond donors (Lipinski definition) is 1. The van der Waals surface area contributed by atoms with Gasteiger partial charge < -0.3 is 5.32 Å². The number of anilines is 1.